The molecule has 0 saturated carbocycles. The zero-order valence-electron chi connectivity index (χ0n) is 11.1. The molecule has 0 spiro atoms. The largest absolute Gasteiger partial charge is 0.385 e. The lowest BCUT2D eigenvalue weighted by atomic mass is 10.2. The number of carbonyl (C=O) groups is 1. The van der Waals surface area contributed by atoms with Gasteiger partial charge in [0.15, 0.2) is 0 Å². The Hall–Kier alpha value is -1.07. The monoisotopic (exact) mass is 283 g/mol. The molecule has 104 valence electrons. The minimum Gasteiger partial charge on any atom is -0.385 e. The van der Waals surface area contributed by atoms with Gasteiger partial charge in [-0.3, -0.25) is 4.79 Å². The van der Waals surface area contributed by atoms with E-state index in [1.165, 1.54) is 12.1 Å². The number of nitrogens with zero attached hydrogens (tertiary/aromatic N) is 1. The van der Waals surface area contributed by atoms with Gasteiger partial charge in [-0.05, 0) is 31.0 Å². The van der Waals surface area contributed by atoms with Gasteiger partial charge in [0.25, 0.3) is 0 Å². The van der Waals surface area contributed by atoms with Crippen molar-refractivity contribution in [2.45, 2.75) is 24.0 Å². The smallest absolute Gasteiger partial charge is 0.236 e. The quantitative estimate of drug-likeness (QED) is 0.778. The number of carbonyl (C=O) groups excluding carboxylic acids is 1. The highest BCUT2D eigenvalue weighted by Gasteiger charge is 2.37. The van der Waals surface area contributed by atoms with E-state index in [1.54, 1.807) is 24.9 Å². The van der Waals surface area contributed by atoms with Crippen LogP contribution in [0, 0.1) is 5.82 Å². The molecule has 1 aliphatic heterocycles. The Labute approximate surface area is 117 Å². The molecule has 2 rings (SSSR count). The highest BCUT2D eigenvalue weighted by atomic mass is 32.2. The van der Waals surface area contributed by atoms with Crippen molar-refractivity contribution in [2.24, 2.45) is 0 Å². The van der Waals surface area contributed by atoms with Gasteiger partial charge in [-0.15, -0.1) is 11.8 Å². The molecule has 1 aliphatic rings. The van der Waals surface area contributed by atoms with Crippen LogP contribution in [0.2, 0.25) is 0 Å². The van der Waals surface area contributed by atoms with Crippen LogP contribution < -0.4 is 0 Å². The fourth-order valence-electron chi connectivity index (χ4n) is 2.20. The second kappa shape index (κ2) is 6.39. The zero-order chi connectivity index (χ0) is 13.8. The number of benzene rings is 1. The Balaban J connectivity index is 2.15. The summed E-state index contributed by atoms with van der Waals surface area (Å²) in [7, 11) is 1.65. The first-order chi connectivity index (χ1) is 9.13. The lowest BCUT2D eigenvalue weighted by Crippen LogP contribution is -2.31. The van der Waals surface area contributed by atoms with Crippen LogP contribution in [-0.4, -0.2) is 36.3 Å². The molecule has 19 heavy (non-hydrogen) atoms. The summed E-state index contributed by atoms with van der Waals surface area (Å²) >= 11 is 1.57. The second-order valence-electron chi connectivity index (χ2n) is 4.56. The lowest BCUT2D eigenvalue weighted by molar-refractivity contribution is -0.130. The Morgan fingerprint density at radius 1 is 1.47 bits per heavy atom. The predicted molar refractivity (Wildman–Crippen MR) is 74.4 cm³/mol. The van der Waals surface area contributed by atoms with Crippen LogP contribution in [0.5, 0.6) is 0 Å². The van der Waals surface area contributed by atoms with E-state index >= 15 is 0 Å². The van der Waals surface area contributed by atoms with Gasteiger partial charge < -0.3 is 9.64 Å². The van der Waals surface area contributed by atoms with Crippen LogP contribution in [0.25, 0.3) is 0 Å². The molecular weight excluding hydrogens is 265 g/mol. The van der Waals surface area contributed by atoms with Crippen molar-refractivity contribution >= 4 is 17.7 Å². The van der Waals surface area contributed by atoms with Gasteiger partial charge in [0, 0.05) is 20.3 Å². The topological polar surface area (TPSA) is 29.5 Å². The van der Waals surface area contributed by atoms with E-state index in [0.29, 0.717) is 13.2 Å². The minimum absolute atomic E-state index is 0.0733. The number of rotatable bonds is 5. The molecule has 0 aliphatic carbocycles. The summed E-state index contributed by atoms with van der Waals surface area (Å²) in [5.41, 5.74) is 0.847. The van der Waals surface area contributed by atoms with Gasteiger partial charge in [0.2, 0.25) is 5.91 Å². The number of thioether (sulfide) groups is 1. The van der Waals surface area contributed by atoms with E-state index in [9.17, 15) is 9.18 Å². The molecule has 2 atom stereocenters. The zero-order valence-corrected chi connectivity index (χ0v) is 12.0. The van der Waals surface area contributed by atoms with E-state index in [1.807, 2.05) is 17.9 Å². The molecular formula is C14H18FNO2S. The van der Waals surface area contributed by atoms with Crippen LogP contribution in [0.3, 0.4) is 0 Å². The highest BCUT2D eigenvalue weighted by Crippen LogP contribution is 2.42. The average Bonchev–Trinajstić information content (AvgIpc) is 2.67. The van der Waals surface area contributed by atoms with Crippen LogP contribution in [0.4, 0.5) is 4.39 Å². The Morgan fingerprint density at radius 3 is 2.95 bits per heavy atom. The van der Waals surface area contributed by atoms with E-state index in [0.717, 1.165) is 12.0 Å². The number of amides is 1. The fraction of sp³-hybridized carbons (Fsp3) is 0.500. The SMILES string of the molecule is COCCCN1C(=O)[C@@H](C)S[C@H]1c1cccc(F)c1. The van der Waals surface area contributed by atoms with Crippen LogP contribution in [-0.2, 0) is 9.53 Å². The predicted octanol–water partition coefficient (Wildman–Crippen LogP) is 2.82. The molecule has 1 saturated heterocycles. The van der Waals surface area contributed by atoms with Crippen LogP contribution in [0.1, 0.15) is 24.3 Å². The van der Waals surface area contributed by atoms with Crippen molar-refractivity contribution in [3.8, 4) is 0 Å². The molecule has 1 aromatic carbocycles. The third-order valence-corrected chi connectivity index (χ3v) is 4.52. The van der Waals surface area contributed by atoms with Gasteiger partial charge in [-0.2, -0.15) is 0 Å². The molecule has 3 nitrogen and oxygen atoms in total. The fourth-order valence-corrected chi connectivity index (χ4v) is 3.50. The summed E-state index contributed by atoms with van der Waals surface area (Å²) < 4.78 is 18.3. The Bertz CT molecular complexity index is 455. The van der Waals surface area contributed by atoms with Crippen molar-refractivity contribution in [1.29, 1.82) is 0 Å². The molecule has 0 aromatic heterocycles. The van der Waals surface area contributed by atoms with E-state index in [2.05, 4.69) is 0 Å². The third kappa shape index (κ3) is 3.28. The molecule has 0 N–H and O–H groups in total. The van der Waals surface area contributed by atoms with Crippen molar-refractivity contribution in [3.63, 3.8) is 0 Å². The van der Waals surface area contributed by atoms with Crippen LogP contribution >= 0.6 is 11.8 Å². The number of halogens is 1. The minimum atomic E-state index is -0.262. The molecule has 0 radical (unpaired) electrons. The van der Waals surface area contributed by atoms with Crippen LogP contribution in [0.15, 0.2) is 24.3 Å². The molecule has 1 fully saturated rings. The Morgan fingerprint density at radius 2 is 2.26 bits per heavy atom. The number of hydrogen-bond acceptors (Lipinski definition) is 3. The van der Waals surface area contributed by atoms with E-state index in [4.69, 9.17) is 4.74 Å². The first-order valence-electron chi connectivity index (χ1n) is 6.34. The standard InChI is InChI=1S/C14H18FNO2S/c1-10-13(17)16(7-4-8-18-2)14(19-10)11-5-3-6-12(15)9-11/h3,5-6,9-10,14H,4,7-8H2,1-2H3/t10-,14+/m1/s1. The Kier molecular flexibility index (Phi) is 4.82. The molecule has 0 unspecified atom stereocenters. The summed E-state index contributed by atoms with van der Waals surface area (Å²) in [6, 6.07) is 6.48. The van der Waals surface area contributed by atoms with Gasteiger partial charge in [-0.1, -0.05) is 12.1 Å². The molecule has 1 aromatic rings. The lowest BCUT2D eigenvalue weighted by Gasteiger charge is -2.24. The highest BCUT2D eigenvalue weighted by molar-refractivity contribution is 8.01. The van der Waals surface area contributed by atoms with Crippen molar-refractivity contribution in [2.75, 3.05) is 20.3 Å². The van der Waals surface area contributed by atoms with Gasteiger partial charge in [0.1, 0.15) is 11.2 Å². The average molecular weight is 283 g/mol. The molecule has 1 amide bonds. The molecule has 5 heteroatoms. The molecule has 1 heterocycles. The van der Waals surface area contributed by atoms with Gasteiger partial charge >= 0.3 is 0 Å². The number of ether oxygens (including phenoxy) is 1. The first-order valence-corrected chi connectivity index (χ1v) is 7.28. The maximum absolute atomic E-state index is 13.3. The van der Waals surface area contributed by atoms with Gasteiger partial charge in [0.05, 0.1) is 5.25 Å². The first kappa shape index (κ1) is 14.3. The van der Waals surface area contributed by atoms with Crippen molar-refractivity contribution in [1.82, 2.24) is 4.90 Å². The normalized spacial score (nSPS) is 23.1. The van der Waals surface area contributed by atoms with E-state index < -0.39 is 0 Å². The summed E-state index contributed by atoms with van der Waals surface area (Å²) in [4.78, 5) is 14.0. The summed E-state index contributed by atoms with van der Waals surface area (Å²) in [5, 5.41) is -0.161. The van der Waals surface area contributed by atoms with Gasteiger partial charge in [-0.25, -0.2) is 4.39 Å². The maximum Gasteiger partial charge on any atom is 0.236 e. The van der Waals surface area contributed by atoms with Crippen molar-refractivity contribution in [3.05, 3.63) is 35.6 Å². The maximum atomic E-state index is 13.3. The number of methoxy groups -OCH3 is 1. The second-order valence-corrected chi connectivity index (χ2v) is 5.99. The summed E-state index contributed by atoms with van der Waals surface area (Å²) in [6.45, 7) is 3.17. The van der Waals surface area contributed by atoms with E-state index in [-0.39, 0.29) is 22.3 Å². The summed E-state index contributed by atoms with van der Waals surface area (Å²) in [5.74, 6) is -0.141. The molecule has 0 bridgehead atoms. The third-order valence-electron chi connectivity index (χ3n) is 3.13. The van der Waals surface area contributed by atoms with Crippen molar-refractivity contribution < 1.29 is 13.9 Å². The summed E-state index contributed by atoms with van der Waals surface area (Å²) in [6.07, 6.45) is 0.793. The number of hydrogen-bond donors (Lipinski definition) is 0.